The summed E-state index contributed by atoms with van der Waals surface area (Å²) in [5.74, 6) is 1.95. The van der Waals surface area contributed by atoms with Gasteiger partial charge in [-0.25, -0.2) is 15.0 Å². The van der Waals surface area contributed by atoms with E-state index in [4.69, 9.17) is 0 Å². The molecule has 0 spiro atoms. The van der Waals surface area contributed by atoms with Gasteiger partial charge in [-0.15, -0.1) is 0 Å². The number of hydrogen-bond donors (Lipinski definition) is 1. The number of amides is 1. The third-order valence-electron chi connectivity index (χ3n) is 6.27. The predicted molar refractivity (Wildman–Crippen MR) is 129 cm³/mol. The molecule has 1 aliphatic heterocycles. The van der Waals surface area contributed by atoms with Gasteiger partial charge in [-0.05, 0) is 63.7 Å². The van der Waals surface area contributed by atoms with Crippen molar-refractivity contribution in [1.82, 2.24) is 29.6 Å². The number of pyridine rings is 1. The van der Waals surface area contributed by atoms with E-state index in [9.17, 15) is 4.79 Å². The SMILES string of the molecule is Cc1cccnc1Nc1cc(C[C@@H]2CCCN(C(=O)/C=C/c3c(C)nn(C)c3C)C2)ncn1. The molecule has 33 heavy (non-hydrogen) atoms. The number of piperidine rings is 1. The van der Waals surface area contributed by atoms with Crippen LogP contribution in [-0.2, 0) is 18.3 Å². The minimum absolute atomic E-state index is 0.0537. The zero-order valence-electron chi connectivity index (χ0n) is 19.7. The summed E-state index contributed by atoms with van der Waals surface area (Å²) in [6.45, 7) is 7.52. The van der Waals surface area contributed by atoms with Crippen LogP contribution in [0.15, 0.2) is 36.8 Å². The van der Waals surface area contributed by atoms with Gasteiger partial charge in [0.2, 0.25) is 5.91 Å². The lowest BCUT2D eigenvalue weighted by atomic mass is 9.93. The van der Waals surface area contributed by atoms with Gasteiger partial charge < -0.3 is 10.2 Å². The Morgan fingerprint density at radius 2 is 2.09 bits per heavy atom. The summed E-state index contributed by atoms with van der Waals surface area (Å²) < 4.78 is 1.84. The Morgan fingerprint density at radius 3 is 2.85 bits per heavy atom. The number of anilines is 2. The third kappa shape index (κ3) is 5.45. The van der Waals surface area contributed by atoms with E-state index in [2.05, 4.69) is 25.4 Å². The van der Waals surface area contributed by atoms with Crippen molar-refractivity contribution in [3.63, 3.8) is 0 Å². The number of aryl methyl sites for hydroxylation is 3. The van der Waals surface area contributed by atoms with E-state index in [0.717, 1.165) is 72.2 Å². The van der Waals surface area contributed by atoms with E-state index in [-0.39, 0.29) is 5.91 Å². The monoisotopic (exact) mass is 445 g/mol. The Labute approximate surface area is 194 Å². The van der Waals surface area contributed by atoms with Crippen LogP contribution in [0, 0.1) is 26.7 Å². The van der Waals surface area contributed by atoms with E-state index in [1.165, 1.54) is 0 Å². The van der Waals surface area contributed by atoms with E-state index in [1.54, 1.807) is 18.6 Å². The van der Waals surface area contributed by atoms with Crippen LogP contribution < -0.4 is 5.32 Å². The van der Waals surface area contributed by atoms with Gasteiger partial charge in [-0.3, -0.25) is 9.48 Å². The molecule has 0 aromatic carbocycles. The second-order valence-corrected chi connectivity index (χ2v) is 8.73. The molecule has 1 atom stereocenters. The van der Waals surface area contributed by atoms with Crippen molar-refractivity contribution in [2.24, 2.45) is 13.0 Å². The molecule has 8 nitrogen and oxygen atoms in total. The van der Waals surface area contributed by atoms with Crippen molar-refractivity contribution in [2.45, 2.75) is 40.0 Å². The van der Waals surface area contributed by atoms with Crippen molar-refractivity contribution in [2.75, 3.05) is 18.4 Å². The Hall–Kier alpha value is -3.55. The number of nitrogens with zero attached hydrogens (tertiary/aromatic N) is 6. The topological polar surface area (TPSA) is 88.8 Å². The zero-order chi connectivity index (χ0) is 23.4. The van der Waals surface area contributed by atoms with Crippen molar-refractivity contribution in [3.05, 3.63) is 65.0 Å². The van der Waals surface area contributed by atoms with Gasteiger partial charge in [0.1, 0.15) is 18.0 Å². The van der Waals surface area contributed by atoms with Crippen molar-refractivity contribution >= 4 is 23.6 Å². The summed E-state index contributed by atoms with van der Waals surface area (Å²) in [6.07, 6.45) is 9.82. The number of nitrogens with one attached hydrogen (secondary N) is 1. The average molecular weight is 446 g/mol. The fourth-order valence-corrected chi connectivity index (χ4v) is 4.33. The molecule has 8 heteroatoms. The number of likely N-dealkylation sites (tertiary alicyclic amines) is 1. The minimum Gasteiger partial charge on any atom is -0.339 e. The second-order valence-electron chi connectivity index (χ2n) is 8.73. The highest BCUT2D eigenvalue weighted by Gasteiger charge is 2.23. The van der Waals surface area contributed by atoms with Crippen LogP contribution in [0.2, 0.25) is 0 Å². The molecule has 4 heterocycles. The summed E-state index contributed by atoms with van der Waals surface area (Å²) in [7, 11) is 1.92. The van der Waals surface area contributed by atoms with E-state index >= 15 is 0 Å². The maximum absolute atomic E-state index is 12.9. The maximum Gasteiger partial charge on any atom is 0.246 e. The molecule has 0 unspecified atom stereocenters. The van der Waals surface area contributed by atoms with Gasteiger partial charge in [-0.1, -0.05) is 6.07 Å². The third-order valence-corrected chi connectivity index (χ3v) is 6.27. The molecule has 1 N–H and O–H groups in total. The summed E-state index contributed by atoms with van der Waals surface area (Å²) in [6, 6.07) is 5.90. The Bertz CT molecular complexity index is 1170. The minimum atomic E-state index is 0.0537. The summed E-state index contributed by atoms with van der Waals surface area (Å²) >= 11 is 0. The van der Waals surface area contributed by atoms with Gasteiger partial charge in [0.15, 0.2) is 0 Å². The molecule has 1 aliphatic rings. The normalized spacial score (nSPS) is 16.4. The molecule has 1 fully saturated rings. The Balaban J connectivity index is 1.38. The van der Waals surface area contributed by atoms with E-state index in [1.807, 2.05) is 61.7 Å². The standard InChI is InChI=1S/C25H31N7O/c1-17-7-5-11-26-25(17)29-23-14-21(27-16-28-23)13-20-8-6-12-32(15-20)24(33)10-9-22-18(2)30-31(4)19(22)3/h5,7,9-11,14,16,20H,6,8,12-13,15H2,1-4H3,(H,26,27,28,29)/b10-9+/t20-/m0/s1. The molecule has 172 valence electrons. The van der Waals surface area contributed by atoms with Crippen LogP contribution in [0.4, 0.5) is 11.6 Å². The fourth-order valence-electron chi connectivity index (χ4n) is 4.33. The lowest BCUT2D eigenvalue weighted by molar-refractivity contribution is -0.127. The average Bonchev–Trinajstić information content (AvgIpc) is 3.05. The fraction of sp³-hybridized carbons (Fsp3) is 0.400. The van der Waals surface area contributed by atoms with E-state index < -0.39 is 0 Å². The van der Waals surface area contributed by atoms with E-state index in [0.29, 0.717) is 5.92 Å². The highest BCUT2D eigenvalue weighted by Crippen LogP contribution is 2.23. The molecular formula is C25H31N7O. The van der Waals surface area contributed by atoms with Crippen LogP contribution in [0.3, 0.4) is 0 Å². The highest BCUT2D eigenvalue weighted by atomic mass is 16.2. The van der Waals surface area contributed by atoms with Gasteiger partial charge in [0.05, 0.1) is 5.69 Å². The lowest BCUT2D eigenvalue weighted by Crippen LogP contribution is -2.39. The Morgan fingerprint density at radius 1 is 1.24 bits per heavy atom. The van der Waals surface area contributed by atoms with Crippen LogP contribution >= 0.6 is 0 Å². The van der Waals surface area contributed by atoms with Crippen molar-refractivity contribution < 1.29 is 4.79 Å². The summed E-state index contributed by atoms with van der Waals surface area (Å²) in [4.78, 5) is 28.0. The largest absolute Gasteiger partial charge is 0.339 e. The summed E-state index contributed by atoms with van der Waals surface area (Å²) in [5, 5.41) is 7.69. The first kappa shape index (κ1) is 22.6. The first-order valence-corrected chi connectivity index (χ1v) is 11.4. The summed E-state index contributed by atoms with van der Waals surface area (Å²) in [5.41, 5.74) is 5.04. The van der Waals surface area contributed by atoms with Gasteiger partial charge in [-0.2, -0.15) is 5.10 Å². The van der Waals surface area contributed by atoms with Crippen molar-refractivity contribution in [1.29, 1.82) is 0 Å². The molecule has 3 aromatic heterocycles. The van der Waals surface area contributed by atoms with Gasteiger partial charge >= 0.3 is 0 Å². The van der Waals surface area contributed by atoms with Crippen LogP contribution in [0.25, 0.3) is 6.08 Å². The molecule has 0 saturated carbocycles. The number of carbonyl (C=O) groups is 1. The zero-order valence-corrected chi connectivity index (χ0v) is 19.7. The quantitative estimate of drug-likeness (QED) is 0.581. The number of hydrogen-bond acceptors (Lipinski definition) is 6. The smallest absolute Gasteiger partial charge is 0.246 e. The molecule has 1 amide bonds. The molecule has 1 saturated heterocycles. The molecule has 3 aromatic rings. The first-order chi connectivity index (χ1) is 15.9. The van der Waals surface area contributed by atoms with Gasteiger partial charge in [0.25, 0.3) is 0 Å². The maximum atomic E-state index is 12.9. The molecule has 0 aliphatic carbocycles. The molecule has 0 radical (unpaired) electrons. The number of aromatic nitrogens is 5. The van der Waals surface area contributed by atoms with Crippen molar-refractivity contribution in [3.8, 4) is 0 Å². The molecule has 4 rings (SSSR count). The first-order valence-electron chi connectivity index (χ1n) is 11.4. The lowest BCUT2D eigenvalue weighted by Gasteiger charge is -2.32. The highest BCUT2D eigenvalue weighted by molar-refractivity contribution is 5.92. The number of rotatable bonds is 6. The second kappa shape index (κ2) is 9.94. The van der Waals surface area contributed by atoms with Gasteiger partial charge in [0, 0.05) is 55.4 Å². The molecular weight excluding hydrogens is 414 g/mol. The molecule has 0 bridgehead atoms. The Kier molecular flexibility index (Phi) is 6.82. The van der Waals surface area contributed by atoms with Crippen LogP contribution in [-0.4, -0.2) is 48.6 Å². The van der Waals surface area contributed by atoms with Crippen LogP contribution in [0.5, 0.6) is 0 Å². The van der Waals surface area contributed by atoms with Crippen LogP contribution in [0.1, 0.15) is 41.1 Å². The predicted octanol–water partition coefficient (Wildman–Crippen LogP) is 3.77. The number of carbonyl (C=O) groups excluding carboxylic acids is 1.